The van der Waals surface area contributed by atoms with E-state index < -0.39 is 11.4 Å². The Balaban J connectivity index is 1.91. The standard InChI is InChI=1S/C12H19NO4/c1-17-9-4-3-8(7-9)13-10(14)12(11(15)16)5-2-6-12/h8-9H,2-7H2,1H3,(H,13,14)(H,15,16). The summed E-state index contributed by atoms with van der Waals surface area (Å²) < 4.78 is 5.23. The van der Waals surface area contributed by atoms with Crippen LogP contribution in [0.25, 0.3) is 0 Å². The monoisotopic (exact) mass is 241 g/mol. The van der Waals surface area contributed by atoms with Gasteiger partial charge in [0.25, 0.3) is 0 Å². The summed E-state index contributed by atoms with van der Waals surface area (Å²) in [7, 11) is 1.67. The van der Waals surface area contributed by atoms with Gasteiger partial charge in [-0.3, -0.25) is 9.59 Å². The van der Waals surface area contributed by atoms with Gasteiger partial charge in [-0.05, 0) is 32.1 Å². The van der Waals surface area contributed by atoms with Crippen LogP contribution in [0.15, 0.2) is 0 Å². The molecule has 0 saturated heterocycles. The molecule has 2 unspecified atom stereocenters. The van der Waals surface area contributed by atoms with Crippen LogP contribution in [0, 0.1) is 5.41 Å². The van der Waals surface area contributed by atoms with Gasteiger partial charge in [-0.2, -0.15) is 0 Å². The molecular formula is C12H19NO4. The van der Waals surface area contributed by atoms with Gasteiger partial charge >= 0.3 is 5.97 Å². The van der Waals surface area contributed by atoms with Crippen molar-refractivity contribution >= 4 is 11.9 Å². The third-order valence-corrected chi connectivity index (χ3v) is 4.10. The van der Waals surface area contributed by atoms with Gasteiger partial charge < -0.3 is 15.2 Å². The largest absolute Gasteiger partial charge is 0.480 e. The Morgan fingerprint density at radius 3 is 2.47 bits per heavy atom. The number of carbonyl (C=O) groups excluding carboxylic acids is 1. The maximum absolute atomic E-state index is 12.0. The fourth-order valence-electron chi connectivity index (χ4n) is 2.68. The summed E-state index contributed by atoms with van der Waals surface area (Å²) in [5.74, 6) is -1.29. The van der Waals surface area contributed by atoms with Gasteiger partial charge in [0.2, 0.25) is 5.91 Å². The van der Waals surface area contributed by atoms with E-state index in [1.54, 1.807) is 7.11 Å². The Labute approximate surface area is 101 Å². The summed E-state index contributed by atoms with van der Waals surface area (Å²) in [5.41, 5.74) is -1.15. The van der Waals surface area contributed by atoms with Crippen molar-refractivity contribution in [2.24, 2.45) is 5.41 Å². The molecule has 2 fully saturated rings. The maximum Gasteiger partial charge on any atom is 0.319 e. The van der Waals surface area contributed by atoms with Crippen LogP contribution < -0.4 is 5.32 Å². The molecule has 0 spiro atoms. The Morgan fingerprint density at radius 2 is 2.06 bits per heavy atom. The lowest BCUT2D eigenvalue weighted by atomic mass is 9.68. The molecule has 5 heteroatoms. The minimum atomic E-state index is -1.15. The van der Waals surface area contributed by atoms with Gasteiger partial charge in [0.05, 0.1) is 6.10 Å². The molecule has 0 bridgehead atoms. The van der Waals surface area contributed by atoms with E-state index in [9.17, 15) is 9.59 Å². The fraction of sp³-hybridized carbons (Fsp3) is 0.833. The van der Waals surface area contributed by atoms with E-state index in [1.165, 1.54) is 0 Å². The topological polar surface area (TPSA) is 75.6 Å². The van der Waals surface area contributed by atoms with E-state index in [2.05, 4.69) is 5.32 Å². The number of hydrogen-bond donors (Lipinski definition) is 2. The Hall–Kier alpha value is -1.10. The van der Waals surface area contributed by atoms with Gasteiger partial charge in [-0.1, -0.05) is 6.42 Å². The molecule has 0 aliphatic heterocycles. The van der Waals surface area contributed by atoms with Crippen molar-refractivity contribution in [3.63, 3.8) is 0 Å². The summed E-state index contributed by atoms with van der Waals surface area (Å²) >= 11 is 0. The molecule has 0 heterocycles. The zero-order valence-electron chi connectivity index (χ0n) is 10.1. The van der Waals surface area contributed by atoms with Crippen molar-refractivity contribution in [2.45, 2.75) is 50.7 Å². The number of nitrogens with one attached hydrogen (secondary N) is 1. The first kappa shape index (κ1) is 12.4. The minimum Gasteiger partial charge on any atom is -0.480 e. The predicted molar refractivity (Wildman–Crippen MR) is 60.5 cm³/mol. The van der Waals surface area contributed by atoms with E-state index in [-0.39, 0.29) is 18.1 Å². The quantitative estimate of drug-likeness (QED) is 0.718. The minimum absolute atomic E-state index is 0.0734. The number of rotatable bonds is 4. The highest BCUT2D eigenvalue weighted by Gasteiger charge is 2.51. The van der Waals surface area contributed by atoms with Gasteiger partial charge in [-0.15, -0.1) is 0 Å². The number of amides is 1. The summed E-state index contributed by atoms with van der Waals surface area (Å²) in [6.07, 6.45) is 4.55. The first-order valence-corrected chi connectivity index (χ1v) is 6.15. The molecule has 1 amide bonds. The third kappa shape index (κ3) is 2.16. The lowest BCUT2D eigenvalue weighted by Gasteiger charge is -2.36. The molecule has 2 atom stereocenters. The normalized spacial score (nSPS) is 30.6. The highest BCUT2D eigenvalue weighted by atomic mass is 16.5. The van der Waals surface area contributed by atoms with E-state index in [4.69, 9.17) is 9.84 Å². The summed E-state index contributed by atoms with van der Waals surface area (Å²) in [4.78, 5) is 23.2. The van der Waals surface area contributed by atoms with Gasteiger partial charge in [0.15, 0.2) is 0 Å². The zero-order valence-corrected chi connectivity index (χ0v) is 10.1. The Kier molecular flexibility index (Phi) is 3.38. The van der Waals surface area contributed by atoms with Crippen molar-refractivity contribution in [3.8, 4) is 0 Å². The van der Waals surface area contributed by atoms with Crippen molar-refractivity contribution in [1.82, 2.24) is 5.32 Å². The van der Waals surface area contributed by atoms with Crippen molar-refractivity contribution in [3.05, 3.63) is 0 Å². The molecule has 2 N–H and O–H groups in total. The van der Waals surface area contributed by atoms with Gasteiger partial charge in [0, 0.05) is 13.2 Å². The SMILES string of the molecule is COC1CCC(NC(=O)C2(C(=O)O)CCC2)C1. The average Bonchev–Trinajstić information content (AvgIpc) is 2.62. The lowest BCUT2D eigenvalue weighted by Crippen LogP contribution is -2.53. The van der Waals surface area contributed by atoms with Crippen LogP contribution in [0.5, 0.6) is 0 Å². The molecule has 0 aromatic carbocycles. The molecule has 17 heavy (non-hydrogen) atoms. The number of carboxylic acid groups (broad SMARTS) is 1. The molecule has 2 saturated carbocycles. The average molecular weight is 241 g/mol. The summed E-state index contributed by atoms with van der Waals surface area (Å²) in [6, 6.07) is 0.0734. The van der Waals surface area contributed by atoms with E-state index in [1.807, 2.05) is 0 Å². The number of aliphatic carboxylic acids is 1. The number of hydrogen-bond acceptors (Lipinski definition) is 3. The number of carbonyl (C=O) groups is 2. The van der Waals surface area contributed by atoms with Crippen LogP contribution in [0.1, 0.15) is 38.5 Å². The van der Waals surface area contributed by atoms with E-state index in [0.717, 1.165) is 25.7 Å². The molecular weight excluding hydrogens is 222 g/mol. The molecule has 5 nitrogen and oxygen atoms in total. The molecule has 96 valence electrons. The van der Waals surface area contributed by atoms with Crippen LogP contribution in [0.3, 0.4) is 0 Å². The van der Waals surface area contributed by atoms with Crippen LogP contribution >= 0.6 is 0 Å². The molecule has 2 aliphatic carbocycles. The molecule has 0 aromatic heterocycles. The number of carboxylic acids is 1. The fourth-order valence-corrected chi connectivity index (χ4v) is 2.68. The Morgan fingerprint density at radius 1 is 1.35 bits per heavy atom. The smallest absolute Gasteiger partial charge is 0.319 e. The number of ether oxygens (including phenoxy) is 1. The van der Waals surface area contributed by atoms with Crippen LogP contribution in [-0.2, 0) is 14.3 Å². The van der Waals surface area contributed by atoms with Gasteiger partial charge in [-0.25, -0.2) is 0 Å². The second-order valence-corrected chi connectivity index (χ2v) is 5.08. The van der Waals surface area contributed by atoms with E-state index >= 15 is 0 Å². The van der Waals surface area contributed by atoms with Crippen molar-refractivity contribution < 1.29 is 19.4 Å². The first-order chi connectivity index (χ1) is 8.08. The molecule has 0 aromatic rings. The highest BCUT2D eigenvalue weighted by molar-refractivity contribution is 6.02. The summed E-state index contributed by atoms with van der Waals surface area (Å²) in [6.45, 7) is 0. The second kappa shape index (κ2) is 4.64. The van der Waals surface area contributed by atoms with Crippen LogP contribution in [-0.4, -0.2) is 36.2 Å². The predicted octanol–water partition coefficient (Wildman–Crippen LogP) is 0.925. The first-order valence-electron chi connectivity index (χ1n) is 6.15. The second-order valence-electron chi connectivity index (χ2n) is 5.08. The van der Waals surface area contributed by atoms with Crippen molar-refractivity contribution in [1.29, 1.82) is 0 Å². The lowest BCUT2D eigenvalue weighted by molar-refractivity contribution is -0.162. The van der Waals surface area contributed by atoms with E-state index in [0.29, 0.717) is 12.8 Å². The molecule has 2 aliphatic rings. The van der Waals surface area contributed by atoms with Gasteiger partial charge in [0.1, 0.15) is 5.41 Å². The van der Waals surface area contributed by atoms with Crippen LogP contribution in [0.4, 0.5) is 0 Å². The third-order valence-electron chi connectivity index (χ3n) is 4.10. The van der Waals surface area contributed by atoms with Crippen molar-refractivity contribution in [2.75, 3.05) is 7.11 Å². The van der Waals surface area contributed by atoms with Crippen LogP contribution in [0.2, 0.25) is 0 Å². The zero-order chi connectivity index (χ0) is 12.5. The summed E-state index contributed by atoms with van der Waals surface area (Å²) in [5, 5.41) is 12.0. The Bertz CT molecular complexity index is 324. The molecule has 0 radical (unpaired) electrons. The molecule has 2 rings (SSSR count). The number of methoxy groups -OCH3 is 1. The highest BCUT2D eigenvalue weighted by Crippen LogP contribution is 2.41. The maximum atomic E-state index is 12.0.